The Morgan fingerprint density at radius 3 is 2.43 bits per heavy atom. The van der Waals surface area contributed by atoms with Crippen LogP contribution in [0.25, 0.3) is 0 Å². The van der Waals surface area contributed by atoms with E-state index in [2.05, 4.69) is 4.18 Å². The number of hydrogen-bond acceptors (Lipinski definition) is 3. The van der Waals surface area contributed by atoms with Crippen molar-refractivity contribution in [3.8, 4) is 0 Å². The van der Waals surface area contributed by atoms with Crippen molar-refractivity contribution >= 4 is 10.1 Å². The molecule has 1 aromatic rings. The molecule has 0 fully saturated rings. The molecule has 0 bridgehead atoms. The molecule has 0 heterocycles. The Morgan fingerprint density at radius 2 is 1.93 bits per heavy atom. The molecule has 0 aliphatic heterocycles. The normalized spacial score (nSPS) is 17.9. The van der Waals surface area contributed by atoms with Gasteiger partial charge in [0.2, 0.25) is 0 Å². The van der Waals surface area contributed by atoms with Crippen LogP contribution in [0.5, 0.6) is 0 Å². The molecule has 14 heavy (non-hydrogen) atoms. The van der Waals surface area contributed by atoms with E-state index in [1.165, 1.54) is 12.1 Å². The first kappa shape index (κ1) is 6.58. The quantitative estimate of drug-likeness (QED) is 0.727. The van der Waals surface area contributed by atoms with Crippen molar-refractivity contribution < 1.29 is 18.1 Å². The third-order valence-electron chi connectivity index (χ3n) is 1.56. The number of rotatable bonds is 4. The van der Waals surface area contributed by atoms with E-state index in [1.807, 2.05) is 0 Å². The van der Waals surface area contributed by atoms with Gasteiger partial charge in [0, 0.05) is 2.74 Å². The zero-order valence-electron chi connectivity index (χ0n) is 11.9. The summed E-state index contributed by atoms with van der Waals surface area (Å²) >= 11 is 0. The molecule has 0 unspecified atom stereocenters. The first-order valence-corrected chi connectivity index (χ1v) is 5.39. The van der Waals surface area contributed by atoms with E-state index in [4.69, 9.17) is 5.48 Å². The van der Waals surface area contributed by atoms with Gasteiger partial charge in [0.1, 0.15) is 0 Å². The Bertz CT molecular complexity index is 517. The van der Waals surface area contributed by atoms with Crippen LogP contribution in [0, 0.1) is 6.92 Å². The number of aryl methyl sites for hydroxylation is 1. The lowest BCUT2D eigenvalue weighted by Crippen LogP contribution is -2.06. The summed E-state index contributed by atoms with van der Waals surface area (Å²) in [4.78, 5) is -0.207. The average Bonchev–Trinajstić information content (AvgIpc) is 2.14. The fraction of sp³-hybridized carbons (Fsp3) is 0.400. The third kappa shape index (κ3) is 2.82. The van der Waals surface area contributed by atoms with Gasteiger partial charge in [-0.2, -0.15) is 8.42 Å². The topological polar surface area (TPSA) is 43.4 Å². The maximum atomic E-state index is 11.8. The lowest BCUT2D eigenvalue weighted by molar-refractivity contribution is 0.318. The van der Waals surface area contributed by atoms with E-state index in [1.54, 1.807) is 19.1 Å². The van der Waals surface area contributed by atoms with Crippen LogP contribution in [0.2, 0.25) is 0 Å². The molecular weight excluding hydrogens is 200 g/mol. The maximum Gasteiger partial charge on any atom is 0.296 e. The number of benzene rings is 1. The molecule has 0 N–H and O–H groups in total. The highest BCUT2D eigenvalue weighted by Crippen LogP contribution is 2.13. The highest BCUT2D eigenvalue weighted by atomic mass is 32.2. The molecule has 1 aromatic carbocycles. The summed E-state index contributed by atoms with van der Waals surface area (Å²) in [5, 5.41) is 0. The van der Waals surface area contributed by atoms with Crippen molar-refractivity contribution in [2.24, 2.45) is 0 Å². The van der Waals surface area contributed by atoms with Gasteiger partial charge in [-0.3, -0.25) is 4.18 Å². The van der Waals surface area contributed by atoms with Crippen molar-refractivity contribution in [3.63, 3.8) is 0 Å². The standard InChI is InChI=1S/C10H14O3S/c1-3-8-13-14(11,12)10-6-4-9(2)5-7-10/h4-7H,3,8H2,1-2H3/i3D2,8D2. The summed E-state index contributed by atoms with van der Waals surface area (Å²) in [5.41, 5.74) is 0.850. The predicted octanol–water partition coefficient (Wildman–Crippen LogP) is 2.11. The summed E-state index contributed by atoms with van der Waals surface area (Å²) < 4.78 is 57.0. The van der Waals surface area contributed by atoms with Crippen molar-refractivity contribution in [2.75, 3.05) is 6.56 Å². The minimum atomic E-state index is -4.33. The zero-order valence-corrected chi connectivity index (χ0v) is 8.76. The molecule has 0 amide bonds. The molecule has 0 spiro atoms. The van der Waals surface area contributed by atoms with Crippen molar-refractivity contribution in [1.82, 2.24) is 0 Å². The SMILES string of the molecule is [2H]C([2H])(C)C([2H])([2H])OS(=O)(=O)c1ccc(C)cc1. The second kappa shape index (κ2) is 4.57. The molecule has 4 heteroatoms. The summed E-state index contributed by atoms with van der Waals surface area (Å²) in [6.45, 7) is -0.240. The molecule has 0 saturated carbocycles. The van der Waals surface area contributed by atoms with Crippen LogP contribution in [-0.4, -0.2) is 15.0 Å². The second-order valence-corrected chi connectivity index (χ2v) is 4.25. The van der Waals surface area contributed by atoms with E-state index >= 15 is 0 Å². The molecule has 78 valence electrons. The summed E-state index contributed by atoms with van der Waals surface area (Å²) in [5.74, 6) is 0. The molecular formula is C10H14O3S. The van der Waals surface area contributed by atoms with E-state index in [9.17, 15) is 8.42 Å². The first-order chi connectivity index (χ1) is 7.96. The van der Waals surface area contributed by atoms with Gasteiger partial charge in [-0.1, -0.05) is 24.6 Å². The lowest BCUT2D eigenvalue weighted by Gasteiger charge is -2.04. The summed E-state index contributed by atoms with van der Waals surface area (Å²) in [7, 11) is -4.33. The van der Waals surface area contributed by atoms with Gasteiger partial charge >= 0.3 is 0 Å². The van der Waals surface area contributed by atoms with Gasteiger partial charge in [0.05, 0.1) is 14.2 Å². The van der Waals surface area contributed by atoms with E-state index < -0.39 is 23.1 Å². The lowest BCUT2D eigenvalue weighted by atomic mass is 10.2. The van der Waals surface area contributed by atoms with Crippen LogP contribution >= 0.6 is 0 Å². The third-order valence-corrected chi connectivity index (χ3v) is 2.72. The Balaban J connectivity index is 3.07. The van der Waals surface area contributed by atoms with Crippen molar-refractivity contribution in [3.05, 3.63) is 29.8 Å². The predicted molar refractivity (Wildman–Crippen MR) is 54.6 cm³/mol. The smallest absolute Gasteiger partial charge is 0.266 e. The fourth-order valence-electron chi connectivity index (χ4n) is 0.850. The molecule has 0 aliphatic rings. The second-order valence-electron chi connectivity index (χ2n) is 2.70. The number of hydrogen-bond donors (Lipinski definition) is 0. The van der Waals surface area contributed by atoms with Crippen LogP contribution in [0.3, 0.4) is 0 Å². The molecule has 1 rings (SSSR count). The first-order valence-electron chi connectivity index (χ1n) is 5.98. The van der Waals surface area contributed by atoms with Crippen molar-refractivity contribution in [2.45, 2.75) is 25.1 Å². The minimum Gasteiger partial charge on any atom is -0.266 e. The highest BCUT2D eigenvalue weighted by Gasteiger charge is 2.13. The zero-order chi connectivity index (χ0) is 14.2. The van der Waals surface area contributed by atoms with Gasteiger partial charge in [0.15, 0.2) is 0 Å². The molecule has 0 aromatic heterocycles. The van der Waals surface area contributed by atoms with Crippen LogP contribution in [0.4, 0.5) is 0 Å². The monoisotopic (exact) mass is 218 g/mol. The average molecular weight is 218 g/mol. The van der Waals surface area contributed by atoms with Crippen LogP contribution in [0.1, 0.15) is 24.3 Å². The van der Waals surface area contributed by atoms with Crippen LogP contribution < -0.4 is 0 Å². The highest BCUT2D eigenvalue weighted by molar-refractivity contribution is 7.86. The van der Waals surface area contributed by atoms with Gasteiger partial charge in [-0.15, -0.1) is 0 Å². The Kier molecular flexibility index (Phi) is 2.15. The maximum absolute atomic E-state index is 11.8. The van der Waals surface area contributed by atoms with Gasteiger partial charge < -0.3 is 0 Å². The van der Waals surface area contributed by atoms with Gasteiger partial charge in [-0.05, 0) is 25.4 Å². The van der Waals surface area contributed by atoms with Gasteiger partial charge in [0.25, 0.3) is 10.1 Å². The summed E-state index contributed by atoms with van der Waals surface area (Å²) in [6, 6.07) is 5.66. The molecule has 0 aliphatic carbocycles. The van der Waals surface area contributed by atoms with Crippen LogP contribution in [0.15, 0.2) is 29.2 Å². The summed E-state index contributed by atoms with van der Waals surface area (Å²) in [6.07, 6.45) is -2.44. The molecule has 0 radical (unpaired) electrons. The van der Waals surface area contributed by atoms with E-state index in [0.717, 1.165) is 12.5 Å². The van der Waals surface area contributed by atoms with Crippen molar-refractivity contribution in [1.29, 1.82) is 0 Å². The van der Waals surface area contributed by atoms with Gasteiger partial charge in [-0.25, -0.2) is 0 Å². The Hall–Kier alpha value is -0.870. The largest absolute Gasteiger partial charge is 0.296 e. The molecule has 0 saturated heterocycles. The van der Waals surface area contributed by atoms with E-state index in [0.29, 0.717) is 0 Å². The Labute approximate surface area is 90.5 Å². The molecule has 3 nitrogen and oxygen atoms in total. The van der Waals surface area contributed by atoms with E-state index in [-0.39, 0.29) is 4.90 Å². The van der Waals surface area contributed by atoms with Crippen LogP contribution in [-0.2, 0) is 14.3 Å². The minimum absolute atomic E-state index is 0.207. The Morgan fingerprint density at radius 1 is 1.36 bits per heavy atom. The fourth-order valence-corrected chi connectivity index (χ4v) is 1.61. The molecule has 0 atom stereocenters.